The van der Waals surface area contributed by atoms with Gasteiger partial charge in [-0.05, 0) is 0 Å². The van der Waals surface area contributed by atoms with E-state index in [-0.39, 0.29) is 0 Å². The van der Waals surface area contributed by atoms with E-state index >= 15 is 0 Å². The number of benzene rings is 3. The minimum absolute atomic E-state index is 0.855. The zero-order chi connectivity index (χ0) is 18.8. The summed E-state index contributed by atoms with van der Waals surface area (Å²) in [6.45, 7) is 2.07. The van der Waals surface area contributed by atoms with Crippen LogP contribution in [0.1, 0.15) is 10.7 Å². The van der Waals surface area contributed by atoms with Crippen LogP contribution in [0.15, 0.2) is 96.4 Å². The maximum atomic E-state index is 4.84. The van der Waals surface area contributed by atoms with Gasteiger partial charge in [0.25, 0.3) is 0 Å². The first-order valence-electron chi connectivity index (χ1n) is 8.92. The summed E-state index contributed by atoms with van der Waals surface area (Å²) in [5.41, 5.74) is 1.14. The van der Waals surface area contributed by atoms with Crippen molar-refractivity contribution in [3.8, 4) is 0 Å². The van der Waals surface area contributed by atoms with Crippen LogP contribution in [0, 0.1) is 6.92 Å². The second-order valence-electron chi connectivity index (χ2n) is 6.71. The molecule has 1 nitrogen and oxygen atoms in total. The summed E-state index contributed by atoms with van der Waals surface area (Å²) in [4.78, 5) is 4.84. The van der Waals surface area contributed by atoms with Crippen molar-refractivity contribution in [2.24, 2.45) is 0 Å². The van der Waals surface area contributed by atoms with E-state index in [9.17, 15) is 0 Å². The average Bonchev–Trinajstić information content (AvgIpc) is 3.14. The van der Waals surface area contributed by atoms with Crippen LogP contribution >= 0.6 is 32.1 Å². The number of hydrogen-bond acceptors (Lipinski definition) is 2. The van der Waals surface area contributed by atoms with E-state index in [0.717, 1.165) is 16.9 Å². The first-order chi connectivity index (χ1) is 13.1. The Balaban J connectivity index is 2.09. The first-order valence-corrected chi connectivity index (χ1v) is 14.2. The molecule has 0 radical (unpaired) electrons. The minimum atomic E-state index is -2.91. The van der Waals surface area contributed by atoms with Crippen molar-refractivity contribution in [2.75, 3.05) is 0 Å². The third-order valence-electron chi connectivity index (χ3n) is 5.01. The van der Waals surface area contributed by atoms with E-state index in [1.807, 2.05) is 0 Å². The molecule has 0 unspecified atom stereocenters. The number of aromatic nitrogens is 1. The molecule has 0 amide bonds. The normalized spacial score (nSPS) is 13.0. The van der Waals surface area contributed by atoms with Crippen molar-refractivity contribution in [2.45, 2.75) is 13.1 Å². The third-order valence-corrected chi connectivity index (χ3v) is 15.3. The van der Waals surface area contributed by atoms with Gasteiger partial charge in [-0.25, -0.2) is 0 Å². The molecule has 0 bridgehead atoms. The molecule has 3 aromatic carbocycles. The van der Waals surface area contributed by atoms with Gasteiger partial charge in [-0.3, -0.25) is 0 Å². The van der Waals surface area contributed by atoms with Crippen LogP contribution < -0.4 is 15.9 Å². The van der Waals surface area contributed by atoms with Crippen LogP contribution in [-0.2, 0) is 6.16 Å². The molecule has 0 aliphatic rings. The second-order valence-corrected chi connectivity index (χ2v) is 16.7. The fourth-order valence-electron chi connectivity index (χ4n) is 3.72. The van der Waals surface area contributed by atoms with Crippen LogP contribution in [-0.4, -0.2) is 4.98 Å². The Bertz CT molecular complexity index is 932. The van der Waals surface area contributed by atoms with E-state index in [0.29, 0.717) is 0 Å². The van der Waals surface area contributed by atoms with E-state index in [1.165, 1.54) is 15.9 Å². The molecular formula is C23H21BrNPS. The van der Waals surface area contributed by atoms with Crippen LogP contribution in [0.3, 0.4) is 0 Å². The van der Waals surface area contributed by atoms with E-state index < -0.39 is 5.31 Å². The van der Waals surface area contributed by atoms with Gasteiger partial charge in [-0.1, -0.05) is 0 Å². The predicted molar refractivity (Wildman–Crippen MR) is 125 cm³/mol. The summed E-state index contributed by atoms with van der Waals surface area (Å²) >= 11 is 6.18. The average molecular weight is 454 g/mol. The maximum absolute atomic E-state index is 4.84. The summed E-state index contributed by atoms with van der Waals surface area (Å²) in [5, 5.41) is 4.38. The summed E-state index contributed by atoms with van der Waals surface area (Å²) in [5.74, 6) is 0. The topological polar surface area (TPSA) is 12.9 Å². The number of halogens is 1. The Hall–Kier alpha value is -1.80. The standard InChI is InChI=1S/C23H21BrNPS/c1-19-25-20(18-27-19)17-26(24,21-11-5-2-6-12-21,22-13-7-3-8-14-22)23-15-9-4-10-16-23/h2-16,18H,17H2,1H3. The van der Waals surface area contributed by atoms with Crippen molar-refractivity contribution >= 4 is 48.0 Å². The molecule has 0 N–H and O–H groups in total. The van der Waals surface area contributed by atoms with Crippen LogP contribution in [0.5, 0.6) is 0 Å². The van der Waals surface area contributed by atoms with Gasteiger partial charge < -0.3 is 0 Å². The zero-order valence-corrected chi connectivity index (χ0v) is 18.4. The number of aryl methyl sites for hydroxylation is 1. The molecule has 0 fully saturated rings. The molecule has 0 saturated carbocycles. The Morgan fingerprint density at radius 3 is 1.48 bits per heavy atom. The fraction of sp³-hybridized carbons (Fsp3) is 0.0870. The van der Waals surface area contributed by atoms with Gasteiger partial charge in [-0.2, -0.15) is 0 Å². The Morgan fingerprint density at radius 1 is 0.741 bits per heavy atom. The fourth-order valence-corrected chi connectivity index (χ4v) is 12.0. The van der Waals surface area contributed by atoms with E-state index in [1.54, 1.807) is 11.3 Å². The zero-order valence-electron chi connectivity index (χ0n) is 15.1. The Morgan fingerprint density at radius 2 is 1.15 bits per heavy atom. The molecule has 0 saturated heterocycles. The molecule has 4 rings (SSSR count). The summed E-state index contributed by atoms with van der Waals surface area (Å²) in [7, 11) is 0. The quantitative estimate of drug-likeness (QED) is 0.348. The van der Waals surface area contributed by atoms with Crippen molar-refractivity contribution < 1.29 is 0 Å². The Kier molecular flexibility index (Phi) is 5.03. The van der Waals surface area contributed by atoms with E-state index in [4.69, 9.17) is 4.98 Å². The van der Waals surface area contributed by atoms with Gasteiger partial charge >= 0.3 is 173 Å². The van der Waals surface area contributed by atoms with Crippen molar-refractivity contribution in [1.29, 1.82) is 0 Å². The Labute approximate surface area is 172 Å². The van der Waals surface area contributed by atoms with Crippen molar-refractivity contribution in [3.05, 3.63) is 107 Å². The number of thiazole rings is 1. The van der Waals surface area contributed by atoms with Crippen LogP contribution in [0.25, 0.3) is 0 Å². The van der Waals surface area contributed by atoms with E-state index in [2.05, 4.69) is 119 Å². The van der Waals surface area contributed by atoms with Gasteiger partial charge in [-0.15, -0.1) is 0 Å². The summed E-state index contributed by atoms with van der Waals surface area (Å²) < 4.78 is 0. The third kappa shape index (κ3) is 3.18. The molecular weight excluding hydrogens is 433 g/mol. The van der Waals surface area contributed by atoms with Gasteiger partial charge in [0.05, 0.1) is 0 Å². The molecule has 4 heteroatoms. The second kappa shape index (κ2) is 7.31. The van der Waals surface area contributed by atoms with Gasteiger partial charge in [0.15, 0.2) is 0 Å². The molecule has 4 aromatic rings. The molecule has 0 aliphatic heterocycles. The molecule has 1 heterocycles. The number of hydrogen-bond donors (Lipinski definition) is 0. The molecule has 0 atom stereocenters. The number of rotatable bonds is 5. The summed E-state index contributed by atoms with van der Waals surface area (Å²) in [6.07, 6.45) is 0.855. The monoisotopic (exact) mass is 453 g/mol. The van der Waals surface area contributed by atoms with Gasteiger partial charge in [0.1, 0.15) is 0 Å². The van der Waals surface area contributed by atoms with Gasteiger partial charge in [0, 0.05) is 0 Å². The van der Waals surface area contributed by atoms with Crippen molar-refractivity contribution in [1.82, 2.24) is 4.98 Å². The predicted octanol–water partition coefficient (Wildman–Crippen LogP) is 5.79. The van der Waals surface area contributed by atoms with Gasteiger partial charge in [0.2, 0.25) is 0 Å². The molecule has 27 heavy (non-hydrogen) atoms. The van der Waals surface area contributed by atoms with Crippen LogP contribution in [0.2, 0.25) is 0 Å². The SMILES string of the molecule is Cc1nc(CP(Br)(c2ccccc2)(c2ccccc2)c2ccccc2)cs1. The molecule has 0 spiro atoms. The molecule has 1 aromatic heterocycles. The number of nitrogens with zero attached hydrogens (tertiary/aromatic N) is 1. The van der Waals surface area contributed by atoms with Crippen LogP contribution in [0.4, 0.5) is 0 Å². The summed E-state index contributed by atoms with van der Waals surface area (Å²) in [6, 6.07) is 32.6. The molecule has 0 aliphatic carbocycles. The van der Waals surface area contributed by atoms with Crippen molar-refractivity contribution in [3.63, 3.8) is 0 Å². The first kappa shape index (κ1) is 18.6. The molecule has 136 valence electrons.